The van der Waals surface area contributed by atoms with Gasteiger partial charge in [-0.2, -0.15) is 13.2 Å². The predicted molar refractivity (Wildman–Crippen MR) is 111 cm³/mol. The Bertz CT molecular complexity index is 945. The Morgan fingerprint density at radius 1 is 1.22 bits per heavy atom. The molecule has 0 aliphatic carbocycles. The highest BCUT2D eigenvalue weighted by Crippen LogP contribution is 2.43. The number of carboxylic acid groups (broad SMARTS) is 1. The molecule has 0 saturated carbocycles. The standard InChI is InChI=1S/C23H26F4N2O3/c1-22(2,23(25,26)27)12-16-5-3-4-10-29(16)14-32-17-7-9-20(28-13-17)15-6-8-18(21(30)31)19(24)11-15/h6-9,11,13,16H,3-5,10,12,14H2,1-2H3,(H,30,31). The Morgan fingerprint density at radius 2 is 1.97 bits per heavy atom. The van der Waals surface area contributed by atoms with Crippen LogP contribution in [0.3, 0.4) is 0 Å². The Morgan fingerprint density at radius 3 is 2.56 bits per heavy atom. The van der Waals surface area contributed by atoms with Gasteiger partial charge in [-0.15, -0.1) is 0 Å². The van der Waals surface area contributed by atoms with Gasteiger partial charge in [-0.3, -0.25) is 9.88 Å². The van der Waals surface area contributed by atoms with Crippen molar-refractivity contribution in [2.24, 2.45) is 5.41 Å². The van der Waals surface area contributed by atoms with Crippen molar-refractivity contribution in [2.75, 3.05) is 13.3 Å². The molecule has 32 heavy (non-hydrogen) atoms. The van der Waals surface area contributed by atoms with Crippen molar-refractivity contribution in [1.82, 2.24) is 9.88 Å². The number of hydrogen-bond donors (Lipinski definition) is 1. The number of aromatic nitrogens is 1. The molecule has 0 bridgehead atoms. The summed E-state index contributed by atoms with van der Waals surface area (Å²) in [6, 6.07) is 6.79. The summed E-state index contributed by atoms with van der Waals surface area (Å²) in [5, 5.41) is 8.92. The Labute approximate surface area is 184 Å². The molecule has 174 valence electrons. The summed E-state index contributed by atoms with van der Waals surface area (Å²) in [5.74, 6) is -1.76. The first kappa shape index (κ1) is 24.0. The van der Waals surface area contributed by atoms with Crippen molar-refractivity contribution in [2.45, 2.75) is 51.7 Å². The van der Waals surface area contributed by atoms with E-state index in [1.807, 2.05) is 4.90 Å². The molecule has 3 rings (SSSR count). The van der Waals surface area contributed by atoms with E-state index in [-0.39, 0.29) is 19.2 Å². The largest absolute Gasteiger partial charge is 0.478 e. The van der Waals surface area contributed by atoms with Crippen molar-refractivity contribution in [3.63, 3.8) is 0 Å². The highest BCUT2D eigenvalue weighted by Gasteiger charge is 2.48. The number of nitrogens with zero attached hydrogens (tertiary/aromatic N) is 2. The van der Waals surface area contributed by atoms with Crippen LogP contribution in [0.2, 0.25) is 0 Å². The minimum absolute atomic E-state index is 0.00888. The maximum Gasteiger partial charge on any atom is 0.394 e. The monoisotopic (exact) mass is 454 g/mol. The zero-order valence-corrected chi connectivity index (χ0v) is 18.0. The first-order chi connectivity index (χ1) is 15.0. The van der Waals surface area contributed by atoms with Crippen LogP contribution in [0.1, 0.15) is 49.9 Å². The van der Waals surface area contributed by atoms with Gasteiger partial charge < -0.3 is 9.84 Å². The molecule has 1 saturated heterocycles. The second-order valence-electron chi connectivity index (χ2n) is 8.70. The molecular formula is C23H26F4N2O3. The normalized spacial score (nSPS) is 17.9. The number of hydrogen-bond acceptors (Lipinski definition) is 4. The average Bonchev–Trinajstić information content (AvgIpc) is 2.72. The summed E-state index contributed by atoms with van der Waals surface area (Å²) >= 11 is 0. The Balaban J connectivity index is 1.64. The van der Waals surface area contributed by atoms with Crippen LogP contribution in [-0.2, 0) is 0 Å². The van der Waals surface area contributed by atoms with Gasteiger partial charge in [-0.25, -0.2) is 9.18 Å². The summed E-state index contributed by atoms with van der Waals surface area (Å²) in [6.45, 7) is 3.28. The lowest BCUT2D eigenvalue weighted by molar-refractivity contribution is -0.219. The third kappa shape index (κ3) is 5.56. The van der Waals surface area contributed by atoms with Crippen LogP contribution >= 0.6 is 0 Å². The molecule has 1 unspecified atom stereocenters. The molecule has 2 aromatic rings. The lowest BCUT2D eigenvalue weighted by atomic mass is 9.82. The third-order valence-electron chi connectivity index (χ3n) is 5.89. The van der Waals surface area contributed by atoms with E-state index in [0.717, 1.165) is 18.9 Å². The Hall–Kier alpha value is -2.68. The lowest BCUT2D eigenvalue weighted by Gasteiger charge is -2.40. The van der Waals surface area contributed by atoms with E-state index in [1.54, 1.807) is 12.1 Å². The van der Waals surface area contributed by atoms with E-state index in [2.05, 4.69) is 4.98 Å². The third-order valence-corrected chi connectivity index (χ3v) is 5.89. The van der Waals surface area contributed by atoms with Gasteiger partial charge in [0.1, 0.15) is 18.3 Å². The van der Waals surface area contributed by atoms with Crippen LogP contribution < -0.4 is 4.74 Å². The zero-order valence-electron chi connectivity index (χ0n) is 18.0. The molecule has 1 aliphatic rings. The SMILES string of the molecule is CC(C)(CC1CCCCN1COc1ccc(-c2ccc(C(=O)O)c(F)c2)nc1)C(F)(F)F. The van der Waals surface area contributed by atoms with E-state index < -0.39 is 28.9 Å². The van der Waals surface area contributed by atoms with Crippen LogP contribution in [0.5, 0.6) is 5.75 Å². The van der Waals surface area contributed by atoms with E-state index in [4.69, 9.17) is 9.84 Å². The molecular weight excluding hydrogens is 428 g/mol. The number of aromatic carboxylic acids is 1. The highest BCUT2D eigenvalue weighted by atomic mass is 19.4. The summed E-state index contributed by atoms with van der Waals surface area (Å²) in [6.07, 6.45) is -0.313. The molecule has 9 heteroatoms. The number of benzene rings is 1. The number of carboxylic acids is 1. The zero-order chi connectivity index (χ0) is 23.5. The highest BCUT2D eigenvalue weighted by molar-refractivity contribution is 5.88. The number of likely N-dealkylation sites (tertiary alicyclic amines) is 1. The van der Waals surface area contributed by atoms with E-state index >= 15 is 0 Å². The molecule has 1 aromatic heterocycles. The molecule has 1 aliphatic heterocycles. The molecule has 0 amide bonds. The second kappa shape index (κ2) is 9.44. The molecule has 1 N–H and O–H groups in total. The fraction of sp³-hybridized carbons (Fsp3) is 0.478. The molecule has 5 nitrogen and oxygen atoms in total. The average molecular weight is 454 g/mol. The summed E-state index contributed by atoms with van der Waals surface area (Å²) in [4.78, 5) is 17.1. The minimum atomic E-state index is -4.27. The molecule has 1 fully saturated rings. The van der Waals surface area contributed by atoms with Gasteiger partial charge in [0, 0.05) is 18.2 Å². The van der Waals surface area contributed by atoms with Crippen molar-refractivity contribution in [3.05, 3.63) is 47.9 Å². The van der Waals surface area contributed by atoms with E-state index in [9.17, 15) is 22.4 Å². The lowest BCUT2D eigenvalue weighted by Crippen LogP contribution is -2.46. The first-order valence-electron chi connectivity index (χ1n) is 10.4. The quantitative estimate of drug-likeness (QED) is 0.540. The fourth-order valence-electron chi connectivity index (χ4n) is 3.81. The molecule has 0 spiro atoms. The van der Waals surface area contributed by atoms with Gasteiger partial charge in [0.05, 0.1) is 22.9 Å². The maximum absolute atomic E-state index is 13.9. The number of carbonyl (C=O) groups is 1. The predicted octanol–water partition coefficient (Wildman–Crippen LogP) is 5.76. The number of alkyl halides is 3. The fourth-order valence-corrected chi connectivity index (χ4v) is 3.81. The summed E-state index contributed by atoms with van der Waals surface area (Å²) in [7, 11) is 0. The second-order valence-corrected chi connectivity index (χ2v) is 8.70. The molecule has 2 heterocycles. The van der Waals surface area contributed by atoms with Crippen molar-refractivity contribution in [1.29, 1.82) is 0 Å². The van der Waals surface area contributed by atoms with Gasteiger partial charge in [-0.1, -0.05) is 26.3 Å². The molecule has 1 aromatic carbocycles. The number of halogens is 4. The molecule has 0 radical (unpaired) electrons. The smallest absolute Gasteiger partial charge is 0.394 e. The number of rotatable bonds is 7. The van der Waals surface area contributed by atoms with Gasteiger partial charge >= 0.3 is 12.1 Å². The van der Waals surface area contributed by atoms with Crippen LogP contribution in [0.15, 0.2) is 36.5 Å². The van der Waals surface area contributed by atoms with Crippen molar-refractivity contribution in [3.8, 4) is 17.0 Å². The number of ether oxygens (including phenoxy) is 1. The van der Waals surface area contributed by atoms with Crippen LogP contribution in [0.25, 0.3) is 11.3 Å². The van der Waals surface area contributed by atoms with Gasteiger partial charge in [0.15, 0.2) is 0 Å². The van der Waals surface area contributed by atoms with Crippen LogP contribution in [0, 0.1) is 11.2 Å². The van der Waals surface area contributed by atoms with Gasteiger partial charge in [0.2, 0.25) is 0 Å². The molecule has 1 atom stereocenters. The van der Waals surface area contributed by atoms with E-state index in [0.29, 0.717) is 30.0 Å². The van der Waals surface area contributed by atoms with Crippen LogP contribution in [-0.4, -0.2) is 46.5 Å². The van der Waals surface area contributed by atoms with Crippen molar-refractivity contribution < 1.29 is 32.2 Å². The summed E-state index contributed by atoms with van der Waals surface area (Å²) < 4.78 is 59.6. The van der Waals surface area contributed by atoms with E-state index in [1.165, 1.54) is 32.2 Å². The maximum atomic E-state index is 13.9. The van der Waals surface area contributed by atoms with Crippen LogP contribution in [0.4, 0.5) is 17.6 Å². The number of piperidine rings is 1. The number of pyridine rings is 1. The van der Waals surface area contributed by atoms with Gasteiger partial charge in [0.25, 0.3) is 0 Å². The Kier molecular flexibility index (Phi) is 7.07. The topological polar surface area (TPSA) is 62.7 Å². The van der Waals surface area contributed by atoms with Crippen molar-refractivity contribution >= 4 is 5.97 Å². The minimum Gasteiger partial charge on any atom is -0.478 e. The van der Waals surface area contributed by atoms with Gasteiger partial charge in [-0.05, 0) is 43.5 Å². The first-order valence-corrected chi connectivity index (χ1v) is 10.4. The summed E-state index contributed by atoms with van der Waals surface area (Å²) in [5.41, 5.74) is -1.33.